The predicted molar refractivity (Wildman–Crippen MR) is 77.9 cm³/mol. The summed E-state index contributed by atoms with van der Waals surface area (Å²) in [6.45, 7) is 2.09. The molecule has 0 aliphatic rings. The van der Waals surface area contributed by atoms with Gasteiger partial charge in [-0.2, -0.15) is 0 Å². The molecule has 102 valence electrons. The standard InChI is InChI=1S/C15H21N3O/c1-3-8-13(4-2)17-14(11-15(16)18-19)12-9-6-5-7-10-12/h2,5-7,9-10,13-14,17,19H,3,8,11H2,1H3,(H2,16,18). The Labute approximate surface area is 114 Å². The third kappa shape index (κ3) is 5.02. The Bertz CT molecular complexity index is 436. The fourth-order valence-corrected chi connectivity index (χ4v) is 1.95. The fourth-order valence-electron chi connectivity index (χ4n) is 1.95. The summed E-state index contributed by atoms with van der Waals surface area (Å²) in [4.78, 5) is 0. The van der Waals surface area contributed by atoms with Crippen LogP contribution in [-0.2, 0) is 0 Å². The van der Waals surface area contributed by atoms with Crippen molar-refractivity contribution in [3.05, 3.63) is 35.9 Å². The van der Waals surface area contributed by atoms with Gasteiger partial charge in [-0.05, 0) is 12.0 Å². The minimum Gasteiger partial charge on any atom is -0.409 e. The Hall–Kier alpha value is -1.99. The lowest BCUT2D eigenvalue weighted by atomic mass is 10.0. The van der Waals surface area contributed by atoms with Crippen molar-refractivity contribution >= 4 is 5.84 Å². The molecule has 19 heavy (non-hydrogen) atoms. The second-order valence-corrected chi connectivity index (χ2v) is 4.43. The summed E-state index contributed by atoms with van der Waals surface area (Å²) >= 11 is 0. The van der Waals surface area contributed by atoms with Crippen LogP contribution in [0.25, 0.3) is 0 Å². The van der Waals surface area contributed by atoms with Crippen LogP contribution in [0.1, 0.15) is 37.8 Å². The first-order valence-electron chi connectivity index (χ1n) is 6.44. The summed E-state index contributed by atoms with van der Waals surface area (Å²) < 4.78 is 0. The lowest BCUT2D eigenvalue weighted by Gasteiger charge is -2.22. The van der Waals surface area contributed by atoms with E-state index in [9.17, 15) is 0 Å². The molecular weight excluding hydrogens is 238 g/mol. The third-order valence-electron chi connectivity index (χ3n) is 2.92. The largest absolute Gasteiger partial charge is 0.409 e. The number of oxime groups is 1. The predicted octanol–water partition coefficient (Wildman–Crippen LogP) is 2.26. The van der Waals surface area contributed by atoms with Gasteiger partial charge in [-0.25, -0.2) is 0 Å². The molecule has 2 unspecified atom stereocenters. The maximum atomic E-state index is 8.72. The highest BCUT2D eigenvalue weighted by atomic mass is 16.4. The van der Waals surface area contributed by atoms with E-state index in [2.05, 4.69) is 23.3 Å². The molecule has 0 aromatic heterocycles. The van der Waals surface area contributed by atoms with Crippen LogP contribution in [0.3, 0.4) is 0 Å². The normalized spacial score (nSPS) is 14.6. The van der Waals surface area contributed by atoms with E-state index in [4.69, 9.17) is 17.4 Å². The smallest absolute Gasteiger partial charge is 0.141 e. The van der Waals surface area contributed by atoms with Crippen LogP contribution in [0, 0.1) is 12.3 Å². The number of nitrogens with two attached hydrogens (primary N) is 1. The Morgan fingerprint density at radius 2 is 2.16 bits per heavy atom. The second-order valence-electron chi connectivity index (χ2n) is 4.43. The molecule has 0 saturated heterocycles. The van der Waals surface area contributed by atoms with Crippen molar-refractivity contribution < 1.29 is 5.21 Å². The van der Waals surface area contributed by atoms with E-state index in [1.165, 1.54) is 0 Å². The molecule has 4 N–H and O–H groups in total. The Kier molecular flexibility index (Phi) is 6.48. The maximum absolute atomic E-state index is 8.72. The highest BCUT2D eigenvalue weighted by Gasteiger charge is 2.16. The van der Waals surface area contributed by atoms with Crippen LogP contribution in [0.5, 0.6) is 0 Å². The number of amidine groups is 1. The summed E-state index contributed by atoms with van der Waals surface area (Å²) in [6, 6.07) is 9.81. The molecule has 0 heterocycles. The first-order chi connectivity index (χ1) is 9.21. The molecule has 1 aromatic carbocycles. The zero-order valence-corrected chi connectivity index (χ0v) is 11.2. The van der Waals surface area contributed by atoms with Crippen LogP contribution >= 0.6 is 0 Å². The van der Waals surface area contributed by atoms with Crippen LogP contribution in [-0.4, -0.2) is 17.1 Å². The molecule has 0 amide bonds. The van der Waals surface area contributed by atoms with Crippen molar-refractivity contribution in [1.82, 2.24) is 5.32 Å². The van der Waals surface area contributed by atoms with Crippen molar-refractivity contribution in [3.63, 3.8) is 0 Å². The minimum atomic E-state index is -0.0512. The lowest BCUT2D eigenvalue weighted by molar-refractivity contribution is 0.315. The highest BCUT2D eigenvalue weighted by Crippen LogP contribution is 2.18. The van der Waals surface area contributed by atoms with Gasteiger partial charge in [0.25, 0.3) is 0 Å². The molecule has 0 aliphatic carbocycles. The molecule has 0 saturated carbocycles. The average Bonchev–Trinajstić information content (AvgIpc) is 2.46. The zero-order valence-electron chi connectivity index (χ0n) is 11.2. The molecule has 0 spiro atoms. The molecule has 4 heteroatoms. The number of hydrogen-bond acceptors (Lipinski definition) is 3. The third-order valence-corrected chi connectivity index (χ3v) is 2.92. The van der Waals surface area contributed by atoms with Crippen LogP contribution in [0.2, 0.25) is 0 Å². The van der Waals surface area contributed by atoms with Gasteiger partial charge in [0.15, 0.2) is 0 Å². The number of nitrogens with zero attached hydrogens (tertiary/aromatic N) is 1. The van der Waals surface area contributed by atoms with E-state index >= 15 is 0 Å². The van der Waals surface area contributed by atoms with Crippen LogP contribution in [0.15, 0.2) is 35.5 Å². The lowest BCUT2D eigenvalue weighted by Crippen LogP contribution is -2.34. The molecule has 4 nitrogen and oxygen atoms in total. The first kappa shape index (κ1) is 15.1. The van der Waals surface area contributed by atoms with Gasteiger partial charge in [-0.3, -0.25) is 5.32 Å². The molecule has 0 aliphatic heterocycles. The summed E-state index contributed by atoms with van der Waals surface area (Å²) in [7, 11) is 0. The van der Waals surface area contributed by atoms with Crippen molar-refractivity contribution in [2.24, 2.45) is 10.9 Å². The Morgan fingerprint density at radius 1 is 1.47 bits per heavy atom. The van der Waals surface area contributed by atoms with Gasteiger partial charge in [0, 0.05) is 12.5 Å². The number of benzene rings is 1. The summed E-state index contributed by atoms with van der Waals surface area (Å²) in [6.07, 6.45) is 7.85. The molecule has 0 fully saturated rings. The SMILES string of the molecule is C#CC(CCC)NC(C/C(N)=N/O)c1ccccc1. The van der Waals surface area contributed by atoms with E-state index in [1.807, 2.05) is 30.3 Å². The Balaban J connectivity index is 2.84. The van der Waals surface area contributed by atoms with E-state index in [0.29, 0.717) is 6.42 Å². The van der Waals surface area contributed by atoms with Crippen molar-refractivity contribution in [3.8, 4) is 12.3 Å². The minimum absolute atomic E-state index is 0.0123. The number of rotatable bonds is 7. The summed E-state index contributed by atoms with van der Waals surface area (Å²) in [5.74, 6) is 2.93. The van der Waals surface area contributed by atoms with Gasteiger partial charge in [-0.1, -0.05) is 54.8 Å². The zero-order chi connectivity index (χ0) is 14.1. The molecule has 1 rings (SSSR count). The van der Waals surface area contributed by atoms with Crippen LogP contribution < -0.4 is 11.1 Å². The van der Waals surface area contributed by atoms with Crippen LogP contribution in [0.4, 0.5) is 0 Å². The molecule has 1 aromatic rings. The van der Waals surface area contributed by atoms with E-state index in [-0.39, 0.29) is 17.9 Å². The van der Waals surface area contributed by atoms with E-state index in [1.54, 1.807) is 0 Å². The van der Waals surface area contributed by atoms with Crippen molar-refractivity contribution in [1.29, 1.82) is 0 Å². The van der Waals surface area contributed by atoms with Gasteiger partial charge in [-0.15, -0.1) is 6.42 Å². The fraction of sp³-hybridized carbons (Fsp3) is 0.400. The number of terminal acetylenes is 1. The highest BCUT2D eigenvalue weighted by molar-refractivity contribution is 5.80. The van der Waals surface area contributed by atoms with E-state index in [0.717, 1.165) is 18.4 Å². The number of nitrogens with one attached hydrogen (secondary N) is 1. The first-order valence-corrected chi connectivity index (χ1v) is 6.44. The van der Waals surface area contributed by atoms with Crippen molar-refractivity contribution in [2.45, 2.75) is 38.3 Å². The molecule has 0 radical (unpaired) electrons. The molecular formula is C15H21N3O. The monoisotopic (exact) mass is 259 g/mol. The van der Waals surface area contributed by atoms with Crippen molar-refractivity contribution in [2.75, 3.05) is 0 Å². The van der Waals surface area contributed by atoms with Gasteiger partial charge in [0.1, 0.15) is 5.84 Å². The maximum Gasteiger partial charge on any atom is 0.141 e. The van der Waals surface area contributed by atoms with Gasteiger partial charge < -0.3 is 10.9 Å². The quantitative estimate of drug-likeness (QED) is 0.231. The second kappa shape index (κ2) is 8.17. The summed E-state index contributed by atoms with van der Waals surface area (Å²) in [5, 5.41) is 15.1. The molecule has 0 bridgehead atoms. The van der Waals surface area contributed by atoms with Gasteiger partial charge >= 0.3 is 0 Å². The Morgan fingerprint density at radius 3 is 2.68 bits per heavy atom. The topological polar surface area (TPSA) is 70.6 Å². The van der Waals surface area contributed by atoms with Gasteiger partial charge in [0.2, 0.25) is 0 Å². The summed E-state index contributed by atoms with van der Waals surface area (Å²) in [5.41, 5.74) is 6.69. The van der Waals surface area contributed by atoms with E-state index < -0.39 is 0 Å². The average molecular weight is 259 g/mol. The molecule has 2 atom stereocenters. The number of hydrogen-bond donors (Lipinski definition) is 3. The van der Waals surface area contributed by atoms with Gasteiger partial charge in [0.05, 0.1) is 6.04 Å².